The van der Waals surface area contributed by atoms with Gasteiger partial charge < -0.3 is 10.2 Å². The minimum Gasteiger partial charge on any atom is -0.370 e. The van der Waals surface area contributed by atoms with Crippen molar-refractivity contribution in [3.05, 3.63) is 45.4 Å². The first-order valence-corrected chi connectivity index (χ1v) is 6.58. The monoisotopic (exact) mass is 296 g/mol. The van der Waals surface area contributed by atoms with Crippen LogP contribution in [0, 0.1) is 5.82 Å². The fourth-order valence-electron chi connectivity index (χ4n) is 2.71. The molecule has 1 aromatic carbocycles. The molecule has 1 saturated heterocycles. The predicted molar refractivity (Wildman–Crippen MR) is 68.9 cm³/mol. The van der Waals surface area contributed by atoms with Gasteiger partial charge in [-0.1, -0.05) is 15.9 Å². The van der Waals surface area contributed by atoms with Crippen LogP contribution in [0.25, 0.3) is 0 Å². The number of nitrogens with one attached hydrogen (secondary N) is 1. The normalized spacial score (nSPS) is 23.0. The Morgan fingerprint density at radius 1 is 1.47 bits per heavy atom. The zero-order valence-electron chi connectivity index (χ0n) is 9.63. The van der Waals surface area contributed by atoms with Gasteiger partial charge in [0.1, 0.15) is 5.82 Å². The van der Waals surface area contributed by atoms with E-state index < -0.39 is 0 Å². The third kappa shape index (κ3) is 1.84. The summed E-state index contributed by atoms with van der Waals surface area (Å²) in [6.45, 7) is 3.87. The van der Waals surface area contributed by atoms with Crippen molar-refractivity contribution in [2.75, 3.05) is 13.2 Å². The minimum atomic E-state index is -0.0921. The molecule has 90 valence electrons. The van der Waals surface area contributed by atoms with Crippen molar-refractivity contribution in [3.63, 3.8) is 0 Å². The van der Waals surface area contributed by atoms with E-state index in [4.69, 9.17) is 0 Å². The molecule has 0 radical (unpaired) electrons. The van der Waals surface area contributed by atoms with Crippen LogP contribution in [0.4, 0.5) is 4.39 Å². The van der Waals surface area contributed by atoms with Crippen molar-refractivity contribution < 1.29 is 4.39 Å². The molecule has 0 spiro atoms. The van der Waals surface area contributed by atoms with E-state index in [9.17, 15) is 4.39 Å². The van der Waals surface area contributed by atoms with Crippen LogP contribution in [-0.4, -0.2) is 18.1 Å². The number of halogens is 2. The number of rotatable bonds is 1. The molecule has 1 atom stereocenters. The van der Waals surface area contributed by atoms with E-state index in [1.54, 1.807) is 12.1 Å². The van der Waals surface area contributed by atoms with Gasteiger partial charge in [-0.3, -0.25) is 0 Å². The Balaban J connectivity index is 1.92. The van der Waals surface area contributed by atoms with Crippen molar-refractivity contribution in [1.29, 1.82) is 0 Å². The molecule has 0 aliphatic carbocycles. The zero-order chi connectivity index (χ0) is 12.0. The van der Waals surface area contributed by atoms with Crippen molar-refractivity contribution >= 4 is 15.9 Å². The summed E-state index contributed by atoms with van der Waals surface area (Å²) < 4.78 is 14.8. The molecule has 2 nitrogen and oxygen atoms in total. The van der Waals surface area contributed by atoms with E-state index in [0.717, 1.165) is 29.7 Å². The lowest BCUT2D eigenvalue weighted by atomic mass is 9.97. The van der Waals surface area contributed by atoms with Crippen molar-refractivity contribution in [2.24, 2.45) is 0 Å². The molecule has 2 aliphatic heterocycles. The van der Waals surface area contributed by atoms with Crippen LogP contribution in [0.2, 0.25) is 0 Å². The van der Waals surface area contributed by atoms with Gasteiger partial charge in [-0.2, -0.15) is 0 Å². The highest BCUT2D eigenvalue weighted by atomic mass is 79.9. The molecule has 4 heteroatoms. The van der Waals surface area contributed by atoms with E-state index in [1.165, 1.54) is 11.4 Å². The van der Waals surface area contributed by atoms with Gasteiger partial charge in [-0.15, -0.1) is 0 Å². The van der Waals surface area contributed by atoms with Crippen LogP contribution in [0.3, 0.4) is 0 Å². The number of fused-ring (bicyclic) bond motifs is 1. The van der Waals surface area contributed by atoms with E-state index in [2.05, 4.69) is 33.1 Å². The van der Waals surface area contributed by atoms with Crippen LogP contribution in [-0.2, 0) is 0 Å². The zero-order valence-corrected chi connectivity index (χ0v) is 11.2. The molecular weight excluding hydrogens is 283 g/mol. The Morgan fingerprint density at radius 3 is 3.06 bits per heavy atom. The molecule has 3 rings (SSSR count). The highest BCUT2D eigenvalue weighted by Gasteiger charge is 2.33. The molecule has 0 bridgehead atoms. The molecule has 0 amide bonds. The van der Waals surface area contributed by atoms with Gasteiger partial charge in [0, 0.05) is 28.3 Å². The van der Waals surface area contributed by atoms with E-state index in [-0.39, 0.29) is 11.7 Å². The fourth-order valence-corrected chi connectivity index (χ4v) is 3.08. The lowest BCUT2D eigenvalue weighted by molar-refractivity contribution is 0.397. The lowest BCUT2D eigenvalue weighted by Crippen LogP contribution is -2.22. The van der Waals surface area contributed by atoms with Gasteiger partial charge in [0.2, 0.25) is 0 Å². The second-order valence-electron chi connectivity index (χ2n) is 4.70. The van der Waals surface area contributed by atoms with Gasteiger partial charge in [0.25, 0.3) is 0 Å². The largest absolute Gasteiger partial charge is 0.370 e. The number of allylic oxidation sites excluding steroid dienone is 2. The SMILES string of the molecule is CC1=C2C[C@H](c3cc(Br)ccc3F)CN2CN1. The van der Waals surface area contributed by atoms with Gasteiger partial charge >= 0.3 is 0 Å². The molecule has 1 N–H and O–H groups in total. The molecule has 0 unspecified atom stereocenters. The van der Waals surface area contributed by atoms with Crippen LogP contribution in [0.1, 0.15) is 24.8 Å². The highest BCUT2D eigenvalue weighted by molar-refractivity contribution is 9.10. The molecule has 1 aromatic rings. The Morgan fingerprint density at radius 2 is 2.29 bits per heavy atom. The number of hydrogen-bond acceptors (Lipinski definition) is 2. The van der Waals surface area contributed by atoms with Crippen LogP contribution < -0.4 is 5.32 Å². The molecule has 2 heterocycles. The summed E-state index contributed by atoms with van der Waals surface area (Å²) in [5.41, 5.74) is 3.41. The molecule has 17 heavy (non-hydrogen) atoms. The van der Waals surface area contributed by atoms with E-state index in [1.807, 2.05) is 6.07 Å². The van der Waals surface area contributed by atoms with E-state index >= 15 is 0 Å². The number of nitrogens with zero attached hydrogens (tertiary/aromatic N) is 1. The summed E-state index contributed by atoms with van der Waals surface area (Å²) in [6.07, 6.45) is 0.937. The molecule has 2 aliphatic rings. The maximum atomic E-state index is 13.8. The summed E-state index contributed by atoms with van der Waals surface area (Å²) in [5, 5.41) is 3.32. The first kappa shape index (κ1) is 11.1. The summed E-state index contributed by atoms with van der Waals surface area (Å²) in [6, 6.07) is 5.20. The number of benzene rings is 1. The highest BCUT2D eigenvalue weighted by Crippen LogP contribution is 2.38. The minimum absolute atomic E-state index is 0.0921. The Bertz CT molecular complexity index is 498. The first-order chi connectivity index (χ1) is 8.15. The summed E-state index contributed by atoms with van der Waals surface area (Å²) in [5.74, 6) is 0.185. The van der Waals surface area contributed by atoms with Gasteiger partial charge in [0.05, 0.1) is 6.67 Å². The van der Waals surface area contributed by atoms with Crippen LogP contribution in [0.5, 0.6) is 0 Å². The third-order valence-electron chi connectivity index (χ3n) is 3.63. The quantitative estimate of drug-likeness (QED) is 0.856. The van der Waals surface area contributed by atoms with Crippen molar-refractivity contribution in [3.8, 4) is 0 Å². The predicted octanol–water partition coefficient (Wildman–Crippen LogP) is 3.17. The maximum absolute atomic E-state index is 13.8. The average Bonchev–Trinajstić information content (AvgIpc) is 2.85. The maximum Gasteiger partial charge on any atom is 0.126 e. The third-order valence-corrected chi connectivity index (χ3v) is 4.12. The van der Waals surface area contributed by atoms with Crippen molar-refractivity contribution in [2.45, 2.75) is 19.3 Å². The number of hydrogen-bond donors (Lipinski definition) is 1. The van der Waals surface area contributed by atoms with E-state index in [0.29, 0.717) is 0 Å². The van der Waals surface area contributed by atoms with Gasteiger partial charge in [0.15, 0.2) is 0 Å². The molecular formula is C13H14BrFN2. The fraction of sp³-hybridized carbons (Fsp3) is 0.385. The molecule has 0 saturated carbocycles. The van der Waals surface area contributed by atoms with Crippen LogP contribution in [0.15, 0.2) is 34.1 Å². The average molecular weight is 297 g/mol. The van der Waals surface area contributed by atoms with Gasteiger partial charge in [-0.25, -0.2) is 4.39 Å². The van der Waals surface area contributed by atoms with Crippen molar-refractivity contribution in [1.82, 2.24) is 10.2 Å². The Kier molecular flexibility index (Phi) is 2.62. The first-order valence-electron chi connectivity index (χ1n) is 5.78. The van der Waals surface area contributed by atoms with Gasteiger partial charge in [-0.05, 0) is 37.1 Å². The summed E-state index contributed by atoms with van der Waals surface area (Å²) in [4.78, 5) is 2.31. The second kappa shape index (κ2) is 4.02. The summed E-state index contributed by atoms with van der Waals surface area (Å²) in [7, 11) is 0. The molecule has 1 fully saturated rings. The smallest absolute Gasteiger partial charge is 0.126 e. The Hall–Kier alpha value is -1.03. The topological polar surface area (TPSA) is 15.3 Å². The second-order valence-corrected chi connectivity index (χ2v) is 5.61. The summed E-state index contributed by atoms with van der Waals surface area (Å²) >= 11 is 3.41. The Labute approximate surface area is 109 Å². The standard InChI is InChI=1S/C13H14BrFN2/c1-8-13-4-9(6-17(13)7-16-8)11-5-10(14)2-3-12(11)15/h2-3,5,9,16H,4,6-7H2,1H3/t9-/m0/s1. The molecule has 0 aromatic heterocycles. The van der Waals surface area contributed by atoms with Crippen LogP contribution >= 0.6 is 15.9 Å². The lowest BCUT2D eigenvalue weighted by Gasteiger charge is -2.14.